The fourth-order valence-corrected chi connectivity index (χ4v) is 3.79. The van der Waals surface area contributed by atoms with Crippen LogP contribution in [0.2, 0.25) is 0 Å². The molecule has 170 valence electrons. The van der Waals surface area contributed by atoms with Gasteiger partial charge in [-0.2, -0.15) is 0 Å². The number of fused-ring (bicyclic) bond motifs is 1. The molecule has 8 heteroatoms. The maximum Gasteiger partial charge on any atom is 0.251 e. The second-order valence-corrected chi connectivity index (χ2v) is 7.73. The largest absolute Gasteiger partial charge is 0.494 e. The molecule has 0 bridgehead atoms. The summed E-state index contributed by atoms with van der Waals surface area (Å²) in [6.07, 6.45) is 1.49. The highest BCUT2D eigenvalue weighted by molar-refractivity contribution is 5.95. The molecular weight excluding hydrogens is 416 g/mol. The molecule has 1 saturated heterocycles. The Bertz CT molecular complexity index is 1070. The highest BCUT2D eigenvalue weighted by Crippen LogP contribution is 2.35. The number of piperidine rings is 1. The van der Waals surface area contributed by atoms with E-state index in [1.807, 2.05) is 47.4 Å². The summed E-state index contributed by atoms with van der Waals surface area (Å²) >= 11 is 0. The van der Waals surface area contributed by atoms with Crippen LogP contribution in [0.15, 0.2) is 48.7 Å². The van der Waals surface area contributed by atoms with Gasteiger partial charge in [0, 0.05) is 62.1 Å². The lowest BCUT2D eigenvalue weighted by Gasteiger charge is -2.33. The van der Waals surface area contributed by atoms with Crippen molar-refractivity contribution in [1.29, 1.82) is 0 Å². The summed E-state index contributed by atoms with van der Waals surface area (Å²) in [5, 5.41) is 4.34. The Morgan fingerprint density at radius 3 is 2.56 bits per heavy atom. The van der Waals surface area contributed by atoms with E-state index in [1.54, 1.807) is 20.4 Å². The van der Waals surface area contributed by atoms with Crippen molar-refractivity contribution in [2.24, 2.45) is 0 Å². The molecule has 0 atom stereocenters. The van der Waals surface area contributed by atoms with Crippen molar-refractivity contribution < 1.29 is 23.0 Å². The molecule has 0 amide bonds. The van der Waals surface area contributed by atoms with E-state index in [2.05, 4.69) is 10.3 Å². The van der Waals surface area contributed by atoms with Crippen LogP contribution in [-0.4, -0.2) is 51.4 Å². The topological polar surface area (TPSA) is 55.9 Å². The first-order valence-electron chi connectivity index (χ1n) is 10.6. The smallest absolute Gasteiger partial charge is 0.251 e. The van der Waals surface area contributed by atoms with Gasteiger partial charge in [0.25, 0.3) is 5.92 Å². The maximum absolute atomic E-state index is 13.5. The SMILES string of the molecule is COCCOc1ccc(Nc2ccnc3cc(N4CCC(F)(F)CC4)ccc23)c(OC)c1. The van der Waals surface area contributed by atoms with Crippen LogP contribution in [0.3, 0.4) is 0 Å². The van der Waals surface area contributed by atoms with Crippen LogP contribution in [0.1, 0.15) is 12.8 Å². The zero-order valence-corrected chi connectivity index (χ0v) is 18.2. The summed E-state index contributed by atoms with van der Waals surface area (Å²) in [7, 11) is 3.24. The van der Waals surface area contributed by atoms with E-state index in [9.17, 15) is 8.78 Å². The quantitative estimate of drug-likeness (QED) is 0.480. The molecule has 2 aromatic carbocycles. The minimum Gasteiger partial charge on any atom is -0.494 e. The number of ether oxygens (including phenoxy) is 3. The number of rotatable bonds is 8. The molecule has 1 aromatic heterocycles. The van der Waals surface area contributed by atoms with Gasteiger partial charge >= 0.3 is 0 Å². The minimum atomic E-state index is -2.56. The summed E-state index contributed by atoms with van der Waals surface area (Å²) in [5.74, 6) is -1.22. The molecule has 2 heterocycles. The van der Waals surface area contributed by atoms with Crippen molar-refractivity contribution in [3.8, 4) is 11.5 Å². The Balaban J connectivity index is 1.55. The highest BCUT2D eigenvalue weighted by atomic mass is 19.3. The summed E-state index contributed by atoms with van der Waals surface area (Å²) in [6.45, 7) is 1.64. The zero-order chi connectivity index (χ0) is 22.6. The van der Waals surface area contributed by atoms with Crippen LogP contribution in [-0.2, 0) is 4.74 Å². The van der Waals surface area contributed by atoms with Gasteiger partial charge in [-0.25, -0.2) is 8.78 Å². The number of pyridine rings is 1. The second-order valence-electron chi connectivity index (χ2n) is 7.73. The van der Waals surface area contributed by atoms with Crippen molar-refractivity contribution in [2.45, 2.75) is 18.8 Å². The molecule has 0 unspecified atom stereocenters. The van der Waals surface area contributed by atoms with Gasteiger partial charge in [-0.05, 0) is 36.4 Å². The lowest BCUT2D eigenvalue weighted by atomic mass is 10.1. The predicted molar refractivity (Wildman–Crippen MR) is 122 cm³/mol. The third-order valence-corrected chi connectivity index (χ3v) is 5.58. The van der Waals surface area contributed by atoms with Gasteiger partial charge < -0.3 is 24.4 Å². The molecule has 1 N–H and O–H groups in total. The molecule has 0 aliphatic carbocycles. The summed E-state index contributed by atoms with van der Waals surface area (Å²) in [4.78, 5) is 6.48. The summed E-state index contributed by atoms with van der Waals surface area (Å²) in [6, 6.07) is 13.4. The first kappa shape index (κ1) is 22.1. The third kappa shape index (κ3) is 5.02. The zero-order valence-electron chi connectivity index (χ0n) is 18.2. The van der Waals surface area contributed by atoms with Gasteiger partial charge in [-0.3, -0.25) is 4.98 Å². The predicted octanol–water partition coefficient (Wildman–Crippen LogP) is 5.25. The number of hydrogen-bond acceptors (Lipinski definition) is 6. The molecule has 0 radical (unpaired) electrons. The number of methoxy groups -OCH3 is 2. The van der Waals surface area contributed by atoms with E-state index >= 15 is 0 Å². The number of nitrogens with one attached hydrogen (secondary N) is 1. The third-order valence-electron chi connectivity index (χ3n) is 5.58. The Hall–Kier alpha value is -3.13. The number of anilines is 3. The molecule has 0 spiro atoms. The van der Waals surface area contributed by atoms with Crippen LogP contribution < -0.4 is 19.7 Å². The van der Waals surface area contributed by atoms with E-state index in [4.69, 9.17) is 14.2 Å². The van der Waals surface area contributed by atoms with E-state index in [0.717, 1.165) is 28.0 Å². The molecule has 4 rings (SSSR count). The summed E-state index contributed by atoms with van der Waals surface area (Å²) < 4.78 is 43.2. The lowest BCUT2D eigenvalue weighted by Crippen LogP contribution is -2.39. The van der Waals surface area contributed by atoms with Crippen LogP contribution >= 0.6 is 0 Å². The molecule has 6 nitrogen and oxygen atoms in total. The van der Waals surface area contributed by atoms with Gasteiger partial charge in [0.2, 0.25) is 0 Å². The van der Waals surface area contributed by atoms with E-state index in [1.165, 1.54) is 0 Å². The monoisotopic (exact) mass is 443 g/mol. The molecule has 0 saturated carbocycles. The fourth-order valence-electron chi connectivity index (χ4n) is 3.79. The Labute approximate surface area is 186 Å². The molecule has 32 heavy (non-hydrogen) atoms. The average molecular weight is 443 g/mol. The fraction of sp³-hybridized carbons (Fsp3) is 0.375. The first-order valence-corrected chi connectivity index (χ1v) is 10.6. The number of nitrogens with zero attached hydrogens (tertiary/aromatic N) is 2. The van der Waals surface area contributed by atoms with Gasteiger partial charge in [0.05, 0.1) is 24.9 Å². The van der Waals surface area contributed by atoms with Crippen molar-refractivity contribution in [3.63, 3.8) is 0 Å². The number of halogens is 2. The second kappa shape index (κ2) is 9.56. The van der Waals surface area contributed by atoms with Gasteiger partial charge in [-0.1, -0.05) is 0 Å². The van der Waals surface area contributed by atoms with Crippen molar-refractivity contribution in [2.75, 3.05) is 50.7 Å². The molecule has 1 aliphatic rings. The van der Waals surface area contributed by atoms with E-state index < -0.39 is 5.92 Å². The highest BCUT2D eigenvalue weighted by Gasteiger charge is 2.34. The molecule has 1 aliphatic heterocycles. The van der Waals surface area contributed by atoms with E-state index in [-0.39, 0.29) is 12.8 Å². The Kier molecular flexibility index (Phi) is 6.60. The average Bonchev–Trinajstić information content (AvgIpc) is 2.80. The van der Waals surface area contributed by atoms with E-state index in [0.29, 0.717) is 37.8 Å². The molecule has 1 fully saturated rings. The standard InChI is InChI=1S/C24H27F2N3O3/c1-30-13-14-32-18-4-6-21(23(16-18)31-2)28-20-7-10-27-22-15-17(3-5-19(20)22)29-11-8-24(25,26)9-12-29/h3-7,10,15-16H,8-9,11-14H2,1-2H3,(H,27,28). The lowest BCUT2D eigenvalue weighted by molar-refractivity contribution is -0.0220. The van der Waals surface area contributed by atoms with Crippen LogP contribution in [0.25, 0.3) is 10.9 Å². The first-order chi connectivity index (χ1) is 15.5. The maximum atomic E-state index is 13.5. The normalized spacial score (nSPS) is 15.6. The minimum absolute atomic E-state index is 0.120. The van der Waals surface area contributed by atoms with Crippen LogP contribution in [0, 0.1) is 0 Å². The van der Waals surface area contributed by atoms with Gasteiger partial charge in [-0.15, -0.1) is 0 Å². The molecular formula is C24H27F2N3O3. The van der Waals surface area contributed by atoms with Crippen LogP contribution in [0.5, 0.6) is 11.5 Å². The van der Waals surface area contributed by atoms with Crippen molar-refractivity contribution in [3.05, 3.63) is 48.7 Å². The number of hydrogen-bond donors (Lipinski definition) is 1. The summed E-state index contributed by atoms with van der Waals surface area (Å²) in [5.41, 5.74) is 3.37. The number of aromatic nitrogens is 1. The van der Waals surface area contributed by atoms with Gasteiger partial charge in [0.15, 0.2) is 0 Å². The number of alkyl halides is 2. The van der Waals surface area contributed by atoms with Gasteiger partial charge in [0.1, 0.15) is 18.1 Å². The van der Waals surface area contributed by atoms with Crippen molar-refractivity contribution in [1.82, 2.24) is 4.98 Å². The van der Waals surface area contributed by atoms with Crippen LogP contribution in [0.4, 0.5) is 25.8 Å². The molecule has 3 aromatic rings. The number of benzene rings is 2. The Morgan fingerprint density at radius 1 is 1.00 bits per heavy atom. The van der Waals surface area contributed by atoms with Crippen molar-refractivity contribution >= 4 is 28.0 Å². The Morgan fingerprint density at radius 2 is 1.81 bits per heavy atom.